The minimum absolute atomic E-state index is 0.210. The van der Waals surface area contributed by atoms with Crippen molar-refractivity contribution >= 4 is 29.1 Å². The van der Waals surface area contributed by atoms with E-state index in [1.54, 1.807) is 31.3 Å². The molecule has 3 aromatic rings. The molecule has 2 amide bonds. The molecule has 4 rings (SSSR count). The van der Waals surface area contributed by atoms with E-state index >= 15 is 0 Å². The fourth-order valence-corrected chi connectivity index (χ4v) is 3.86. The van der Waals surface area contributed by atoms with Crippen LogP contribution in [0.4, 0.5) is 21.9 Å². The molecule has 1 N–H and O–H groups in total. The second-order valence-corrected chi connectivity index (χ2v) is 8.46. The van der Waals surface area contributed by atoms with Crippen LogP contribution in [0.2, 0.25) is 0 Å². The minimum atomic E-state index is -0.507. The van der Waals surface area contributed by atoms with Crippen LogP contribution in [-0.4, -0.2) is 32.1 Å². The molecule has 0 aliphatic carbocycles. The van der Waals surface area contributed by atoms with E-state index in [1.165, 1.54) is 17.7 Å². The van der Waals surface area contributed by atoms with Gasteiger partial charge in [0.2, 0.25) is 0 Å². The van der Waals surface area contributed by atoms with Crippen LogP contribution in [0.1, 0.15) is 30.1 Å². The van der Waals surface area contributed by atoms with Gasteiger partial charge in [-0.3, -0.25) is 9.69 Å². The fraction of sp³-hybridized carbons (Fsp3) is 0.259. The maximum atomic E-state index is 12.7. The average Bonchev–Trinajstić information content (AvgIpc) is 2.85. The summed E-state index contributed by atoms with van der Waals surface area (Å²) in [6, 6.07) is 23.8. The summed E-state index contributed by atoms with van der Waals surface area (Å²) in [5.74, 6) is 0.925. The molecule has 1 heterocycles. The third-order valence-corrected chi connectivity index (χ3v) is 5.99. The van der Waals surface area contributed by atoms with Gasteiger partial charge in [0.05, 0.1) is 0 Å². The van der Waals surface area contributed by atoms with Gasteiger partial charge in [0, 0.05) is 48.8 Å². The molecular weight excluding hydrogens is 414 g/mol. The zero-order valence-electron chi connectivity index (χ0n) is 19.0. The van der Waals surface area contributed by atoms with Crippen LogP contribution in [0.25, 0.3) is 0 Å². The Kier molecular flexibility index (Phi) is 6.93. The van der Waals surface area contributed by atoms with E-state index in [9.17, 15) is 9.59 Å². The molecular formula is C27H29N3O3. The first kappa shape index (κ1) is 22.4. The topological polar surface area (TPSA) is 61.9 Å². The molecule has 0 unspecified atom stereocenters. The van der Waals surface area contributed by atoms with Crippen molar-refractivity contribution < 1.29 is 14.3 Å². The van der Waals surface area contributed by atoms with Crippen molar-refractivity contribution in [3.8, 4) is 5.75 Å². The lowest BCUT2D eigenvalue weighted by Gasteiger charge is -2.32. The van der Waals surface area contributed by atoms with Gasteiger partial charge in [-0.2, -0.15) is 0 Å². The van der Waals surface area contributed by atoms with Crippen molar-refractivity contribution in [3.63, 3.8) is 0 Å². The Morgan fingerprint density at radius 1 is 0.939 bits per heavy atom. The molecule has 1 aliphatic rings. The Labute approximate surface area is 194 Å². The standard InChI is InChI=1S/C27H29N3O3/c1-20-15-17-30(18-16-20)24-13-11-21(12-14-24)26(31)28-22-7-6-10-25(19-22)33-27(32)29(2)23-8-4-3-5-9-23/h3-14,19-20H,15-18H2,1-2H3,(H,28,31). The van der Waals surface area contributed by atoms with Gasteiger partial charge in [-0.05, 0) is 67.3 Å². The van der Waals surface area contributed by atoms with E-state index in [2.05, 4.69) is 17.1 Å². The van der Waals surface area contributed by atoms with E-state index < -0.39 is 6.09 Å². The molecule has 6 nitrogen and oxygen atoms in total. The van der Waals surface area contributed by atoms with Crippen molar-refractivity contribution in [2.75, 3.05) is 35.3 Å². The van der Waals surface area contributed by atoms with Crippen molar-refractivity contribution in [2.24, 2.45) is 5.92 Å². The van der Waals surface area contributed by atoms with Crippen molar-refractivity contribution in [3.05, 3.63) is 84.4 Å². The maximum Gasteiger partial charge on any atom is 0.419 e. The van der Waals surface area contributed by atoms with Gasteiger partial charge >= 0.3 is 6.09 Å². The van der Waals surface area contributed by atoms with Crippen LogP contribution in [-0.2, 0) is 0 Å². The van der Waals surface area contributed by atoms with Crippen LogP contribution in [0.15, 0.2) is 78.9 Å². The third kappa shape index (κ3) is 5.71. The quantitative estimate of drug-likeness (QED) is 0.541. The van der Waals surface area contributed by atoms with Gasteiger partial charge in [-0.25, -0.2) is 4.79 Å². The zero-order valence-corrected chi connectivity index (χ0v) is 19.0. The highest BCUT2D eigenvalue weighted by molar-refractivity contribution is 6.04. The van der Waals surface area contributed by atoms with E-state index in [-0.39, 0.29) is 5.91 Å². The number of nitrogens with zero attached hydrogens (tertiary/aromatic N) is 2. The van der Waals surface area contributed by atoms with E-state index in [1.807, 2.05) is 54.6 Å². The number of piperidine rings is 1. The van der Waals surface area contributed by atoms with Gasteiger partial charge in [0.25, 0.3) is 5.91 Å². The highest BCUT2D eigenvalue weighted by atomic mass is 16.6. The predicted molar refractivity (Wildman–Crippen MR) is 132 cm³/mol. The van der Waals surface area contributed by atoms with Crippen molar-refractivity contribution in [2.45, 2.75) is 19.8 Å². The molecule has 1 aliphatic heterocycles. The number of carbonyl (C=O) groups excluding carboxylic acids is 2. The number of para-hydroxylation sites is 1. The van der Waals surface area contributed by atoms with E-state index in [4.69, 9.17) is 4.74 Å². The molecule has 0 bridgehead atoms. The molecule has 3 aromatic carbocycles. The first-order valence-electron chi connectivity index (χ1n) is 11.3. The molecule has 0 radical (unpaired) electrons. The van der Waals surface area contributed by atoms with Gasteiger partial charge in [-0.1, -0.05) is 31.2 Å². The maximum absolute atomic E-state index is 12.7. The molecule has 0 spiro atoms. The molecule has 33 heavy (non-hydrogen) atoms. The normalized spacial score (nSPS) is 13.9. The number of carbonyl (C=O) groups is 2. The number of hydrogen-bond acceptors (Lipinski definition) is 4. The van der Waals surface area contributed by atoms with Gasteiger partial charge in [-0.15, -0.1) is 0 Å². The summed E-state index contributed by atoms with van der Waals surface area (Å²) in [7, 11) is 1.65. The lowest BCUT2D eigenvalue weighted by atomic mass is 9.98. The van der Waals surface area contributed by atoms with Crippen LogP contribution in [0.5, 0.6) is 5.75 Å². The monoisotopic (exact) mass is 443 g/mol. The molecule has 0 saturated carbocycles. The smallest absolute Gasteiger partial charge is 0.410 e. The Morgan fingerprint density at radius 2 is 1.64 bits per heavy atom. The summed E-state index contributed by atoms with van der Waals surface area (Å²) < 4.78 is 5.48. The van der Waals surface area contributed by atoms with Gasteiger partial charge in [0.15, 0.2) is 0 Å². The average molecular weight is 444 g/mol. The first-order chi connectivity index (χ1) is 16.0. The highest BCUT2D eigenvalue weighted by Crippen LogP contribution is 2.24. The predicted octanol–water partition coefficient (Wildman–Crippen LogP) is 5.81. The molecule has 6 heteroatoms. The summed E-state index contributed by atoms with van der Waals surface area (Å²) in [6.07, 6.45) is 1.89. The second kappa shape index (κ2) is 10.2. The number of nitrogens with one attached hydrogen (secondary N) is 1. The zero-order chi connectivity index (χ0) is 23.2. The Balaban J connectivity index is 1.37. The summed E-state index contributed by atoms with van der Waals surface area (Å²) in [5, 5.41) is 2.88. The SMILES string of the molecule is CC1CCN(c2ccc(C(=O)Nc3cccc(OC(=O)N(C)c4ccccc4)c3)cc2)CC1. The Morgan fingerprint density at radius 3 is 2.33 bits per heavy atom. The van der Waals surface area contributed by atoms with Crippen molar-refractivity contribution in [1.82, 2.24) is 0 Å². The second-order valence-electron chi connectivity index (χ2n) is 8.46. The molecule has 1 saturated heterocycles. The fourth-order valence-electron chi connectivity index (χ4n) is 3.86. The third-order valence-electron chi connectivity index (χ3n) is 5.99. The first-order valence-corrected chi connectivity index (χ1v) is 11.3. The summed E-state index contributed by atoms with van der Waals surface area (Å²) >= 11 is 0. The summed E-state index contributed by atoms with van der Waals surface area (Å²) in [4.78, 5) is 29.0. The molecule has 0 atom stereocenters. The lowest BCUT2D eigenvalue weighted by molar-refractivity contribution is 0.102. The lowest BCUT2D eigenvalue weighted by Crippen LogP contribution is -2.32. The van der Waals surface area contributed by atoms with Gasteiger partial charge in [0.1, 0.15) is 5.75 Å². The number of amides is 2. The highest BCUT2D eigenvalue weighted by Gasteiger charge is 2.17. The number of anilines is 3. The number of benzene rings is 3. The summed E-state index contributed by atoms with van der Waals surface area (Å²) in [5.41, 5.74) is 3.02. The molecule has 1 fully saturated rings. The Bertz CT molecular complexity index is 1090. The van der Waals surface area contributed by atoms with E-state index in [0.717, 1.165) is 30.4 Å². The van der Waals surface area contributed by atoms with Crippen LogP contribution >= 0.6 is 0 Å². The molecule has 0 aromatic heterocycles. The van der Waals surface area contributed by atoms with Crippen LogP contribution in [0.3, 0.4) is 0 Å². The number of rotatable bonds is 5. The largest absolute Gasteiger partial charge is 0.419 e. The van der Waals surface area contributed by atoms with Crippen molar-refractivity contribution in [1.29, 1.82) is 0 Å². The Hall–Kier alpha value is -3.80. The van der Waals surface area contributed by atoms with Gasteiger partial charge < -0.3 is 15.0 Å². The van der Waals surface area contributed by atoms with Crippen LogP contribution in [0, 0.1) is 5.92 Å². The molecule has 170 valence electrons. The van der Waals surface area contributed by atoms with Crippen LogP contribution < -0.4 is 19.9 Å². The number of ether oxygens (including phenoxy) is 1. The summed E-state index contributed by atoms with van der Waals surface area (Å²) in [6.45, 7) is 4.40. The number of hydrogen-bond donors (Lipinski definition) is 1. The van der Waals surface area contributed by atoms with E-state index in [0.29, 0.717) is 17.0 Å². The minimum Gasteiger partial charge on any atom is -0.410 e.